The van der Waals surface area contributed by atoms with E-state index in [1.807, 2.05) is 0 Å². The van der Waals surface area contributed by atoms with Crippen molar-refractivity contribution in [3.63, 3.8) is 0 Å². The van der Waals surface area contributed by atoms with Gasteiger partial charge in [-0.15, -0.1) is 0 Å². The van der Waals surface area contributed by atoms with Crippen molar-refractivity contribution in [2.45, 2.75) is 51.2 Å². The zero-order chi connectivity index (χ0) is 24.3. The van der Waals surface area contributed by atoms with Gasteiger partial charge < -0.3 is 31.9 Å². The second-order valence-electron chi connectivity index (χ2n) is 7.38. The molecule has 32 heavy (non-hydrogen) atoms. The summed E-state index contributed by atoms with van der Waals surface area (Å²) in [7, 11) is 0. The van der Waals surface area contributed by atoms with Crippen molar-refractivity contribution in [2.24, 2.45) is 11.7 Å². The summed E-state index contributed by atoms with van der Waals surface area (Å²) in [4.78, 5) is 59.7. The Morgan fingerprint density at radius 2 is 1.56 bits per heavy atom. The first kappa shape index (κ1) is 26.6. The van der Waals surface area contributed by atoms with Crippen LogP contribution in [0, 0.1) is 5.92 Å². The molecule has 11 heteroatoms. The number of benzene rings is 1. The molecule has 4 atom stereocenters. The lowest BCUT2D eigenvalue weighted by molar-refractivity contribution is -0.147. The van der Waals surface area contributed by atoms with Gasteiger partial charge in [0.25, 0.3) is 0 Å². The standard InChI is InChI=1S/C21H30N4O7/c1-3-12(2)18(20(30)24-15(21(31)32)10-17(27)28)25-19(29)14(23-16(26)11-22)9-13-7-5-4-6-8-13/h4-8,12,14-15,18H,3,9-11,22H2,1-2H3,(H,23,26)(H,24,30)(H,25,29)(H,27,28)(H,31,32). The van der Waals surface area contributed by atoms with Gasteiger partial charge >= 0.3 is 11.9 Å². The third kappa shape index (κ3) is 8.72. The Kier molecular flexibility index (Phi) is 10.8. The maximum Gasteiger partial charge on any atom is 0.326 e. The number of hydrogen-bond donors (Lipinski definition) is 6. The van der Waals surface area contributed by atoms with Crippen LogP contribution in [0.4, 0.5) is 0 Å². The first-order valence-electron chi connectivity index (χ1n) is 10.2. The number of amides is 3. The van der Waals surface area contributed by atoms with Crippen LogP contribution in [0.1, 0.15) is 32.3 Å². The van der Waals surface area contributed by atoms with Crippen molar-refractivity contribution in [3.8, 4) is 0 Å². The third-order valence-electron chi connectivity index (χ3n) is 4.91. The van der Waals surface area contributed by atoms with Gasteiger partial charge in [0.2, 0.25) is 17.7 Å². The number of nitrogens with one attached hydrogen (secondary N) is 3. The lowest BCUT2D eigenvalue weighted by Crippen LogP contribution is -2.58. The summed E-state index contributed by atoms with van der Waals surface area (Å²) in [6.07, 6.45) is -0.205. The fourth-order valence-corrected chi connectivity index (χ4v) is 2.90. The van der Waals surface area contributed by atoms with E-state index in [1.165, 1.54) is 0 Å². The van der Waals surface area contributed by atoms with E-state index < -0.39 is 60.1 Å². The van der Waals surface area contributed by atoms with E-state index in [2.05, 4.69) is 16.0 Å². The first-order chi connectivity index (χ1) is 15.1. The molecule has 0 aromatic heterocycles. The molecule has 0 radical (unpaired) electrons. The predicted octanol–water partition coefficient (Wildman–Crippen LogP) is -0.752. The summed E-state index contributed by atoms with van der Waals surface area (Å²) in [5.74, 6) is -5.34. The van der Waals surface area contributed by atoms with E-state index in [4.69, 9.17) is 10.8 Å². The quantitative estimate of drug-likeness (QED) is 0.226. The molecule has 176 valence electrons. The highest BCUT2D eigenvalue weighted by Gasteiger charge is 2.32. The van der Waals surface area contributed by atoms with Crippen LogP contribution in [0.3, 0.4) is 0 Å². The van der Waals surface area contributed by atoms with Gasteiger partial charge in [-0.2, -0.15) is 0 Å². The lowest BCUT2D eigenvalue weighted by atomic mass is 9.96. The Morgan fingerprint density at radius 1 is 0.938 bits per heavy atom. The van der Waals surface area contributed by atoms with Gasteiger partial charge in [-0.25, -0.2) is 4.79 Å². The number of carbonyl (C=O) groups is 5. The molecule has 0 saturated heterocycles. The molecule has 11 nitrogen and oxygen atoms in total. The minimum Gasteiger partial charge on any atom is -0.481 e. The van der Waals surface area contributed by atoms with Gasteiger partial charge in [-0.1, -0.05) is 50.6 Å². The molecule has 1 aromatic carbocycles. The van der Waals surface area contributed by atoms with Gasteiger partial charge in [0.05, 0.1) is 13.0 Å². The zero-order valence-electron chi connectivity index (χ0n) is 18.0. The summed E-state index contributed by atoms with van der Waals surface area (Å²) in [6.45, 7) is 3.13. The Hall–Kier alpha value is -3.47. The van der Waals surface area contributed by atoms with Crippen LogP contribution >= 0.6 is 0 Å². The summed E-state index contributed by atoms with van der Waals surface area (Å²) in [6, 6.07) is 5.08. The van der Waals surface area contributed by atoms with Gasteiger partial charge in [-0.3, -0.25) is 19.2 Å². The van der Waals surface area contributed by atoms with Gasteiger partial charge in [0.1, 0.15) is 18.1 Å². The molecule has 4 unspecified atom stereocenters. The Labute approximate surface area is 185 Å². The van der Waals surface area contributed by atoms with Gasteiger partial charge in [0.15, 0.2) is 0 Å². The van der Waals surface area contributed by atoms with E-state index in [9.17, 15) is 29.1 Å². The summed E-state index contributed by atoms with van der Waals surface area (Å²) in [5.41, 5.74) is 6.11. The number of carboxylic acid groups (broad SMARTS) is 2. The summed E-state index contributed by atoms with van der Waals surface area (Å²) >= 11 is 0. The van der Waals surface area contributed by atoms with Gasteiger partial charge in [0, 0.05) is 6.42 Å². The third-order valence-corrected chi connectivity index (χ3v) is 4.91. The number of aliphatic carboxylic acids is 2. The normalized spacial score (nSPS) is 14.3. The van der Waals surface area contributed by atoms with Crippen molar-refractivity contribution in [1.29, 1.82) is 0 Å². The molecule has 1 rings (SSSR count). The van der Waals surface area contributed by atoms with Crippen LogP contribution in [0.15, 0.2) is 30.3 Å². The monoisotopic (exact) mass is 450 g/mol. The number of nitrogens with two attached hydrogens (primary N) is 1. The van der Waals surface area contributed by atoms with E-state index >= 15 is 0 Å². The second kappa shape index (κ2) is 13.1. The highest BCUT2D eigenvalue weighted by Crippen LogP contribution is 2.11. The molecule has 0 fully saturated rings. The maximum absolute atomic E-state index is 13.0. The minimum absolute atomic E-state index is 0.143. The van der Waals surface area contributed by atoms with Crippen LogP contribution in [-0.2, 0) is 30.4 Å². The molecule has 0 aliphatic carbocycles. The van der Waals surface area contributed by atoms with Crippen LogP contribution in [0.2, 0.25) is 0 Å². The molecule has 3 amide bonds. The van der Waals surface area contributed by atoms with Crippen molar-refractivity contribution >= 4 is 29.7 Å². The molecule has 0 aliphatic heterocycles. The smallest absolute Gasteiger partial charge is 0.326 e. The van der Waals surface area contributed by atoms with Crippen molar-refractivity contribution in [3.05, 3.63) is 35.9 Å². The second-order valence-corrected chi connectivity index (χ2v) is 7.38. The van der Waals surface area contributed by atoms with E-state index in [1.54, 1.807) is 44.2 Å². The number of carboxylic acids is 2. The molecule has 0 heterocycles. The minimum atomic E-state index is -1.65. The predicted molar refractivity (Wildman–Crippen MR) is 114 cm³/mol. The number of rotatable bonds is 13. The van der Waals surface area contributed by atoms with E-state index in [-0.39, 0.29) is 13.0 Å². The van der Waals surface area contributed by atoms with Crippen molar-refractivity contribution < 1.29 is 34.2 Å². The molecular formula is C21H30N4O7. The van der Waals surface area contributed by atoms with Crippen molar-refractivity contribution in [2.75, 3.05) is 6.54 Å². The van der Waals surface area contributed by atoms with Crippen LogP contribution in [0.25, 0.3) is 0 Å². The van der Waals surface area contributed by atoms with Crippen LogP contribution in [0.5, 0.6) is 0 Å². The topological polar surface area (TPSA) is 188 Å². The van der Waals surface area contributed by atoms with E-state index in [0.717, 1.165) is 5.56 Å². The SMILES string of the molecule is CCC(C)C(NC(=O)C(Cc1ccccc1)NC(=O)CN)C(=O)NC(CC(=O)O)C(=O)O. The van der Waals surface area contributed by atoms with Crippen LogP contribution < -0.4 is 21.7 Å². The zero-order valence-corrected chi connectivity index (χ0v) is 18.0. The Bertz CT molecular complexity index is 816. The largest absolute Gasteiger partial charge is 0.481 e. The molecule has 7 N–H and O–H groups in total. The molecule has 0 aliphatic rings. The number of carbonyl (C=O) groups excluding carboxylic acids is 3. The van der Waals surface area contributed by atoms with Gasteiger partial charge in [-0.05, 0) is 11.5 Å². The summed E-state index contributed by atoms with van der Waals surface area (Å²) < 4.78 is 0. The molecule has 0 saturated carbocycles. The fraction of sp³-hybridized carbons (Fsp3) is 0.476. The van der Waals surface area contributed by atoms with E-state index in [0.29, 0.717) is 6.42 Å². The maximum atomic E-state index is 13.0. The lowest BCUT2D eigenvalue weighted by Gasteiger charge is -2.27. The number of hydrogen-bond acceptors (Lipinski definition) is 6. The fourth-order valence-electron chi connectivity index (χ4n) is 2.90. The molecule has 0 spiro atoms. The average molecular weight is 450 g/mol. The Balaban J connectivity index is 3.05. The molecule has 0 bridgehead atoms. The average Bonchev–Trinajstić information content (AvgIpc) is 2.75. The highest BCUT2D eigenvalue weighted by atomic mass is 16.4. The first-order valence-corrected chi connectivity index (χ1v) is 10.2. The molecule has 1 aromatic rings. The summed E-state index contributed by atoms with van der Waals surface area (Å²) in [5, 5.41) is 25.3. The van der Waals surface area contributed by atoms with Crippen LogP contribution in [-0.4, -0.2) is 64.5 Å². The molecular weight excluding hydrogens is 420 g/mol. The van der Waals surface area contributed by atoms with Crippen molar-refractivity contribution in [1.82, 2.24) is 16.0 Å². The Morgan fingerprint density at radius 3 is 2.06 bits per heavy atom. The highest BCUT2D eigenvalue weighted by molar-refractivity contribution is 5.94.